The van der Waals surface area contributed by atoms with Crippen molar-refractivity contribution in [2.45, 2.75) is 18.2 Å². The van der Waals surface area contributed by atoms with E-state index in [9.17, 15) is 8.42 Å². The van der Waals surface area contributed by atoms with Crippen LogP contribution in [0.1, 0.15) is 13.3 Å². The fraction of sp³-hybridized carbons (Fsp3) is 0.538. The van der Waals surface area contributed by atoms with E-state index in [1.807, 2.05) is 25.9 Å². The molecular weight excluding hydrogens is 298 g/mol. The smallest absolute Gasteiger partial charge is 0.244 e. The summed E-state index contributed by atoms with van der Waals surface area (Å²) >= 11 is 6.02. The summed E-state index contributed by atoms with van der Waals surface area (Å²) in [7, 11) is 0.232. The largest absolute Gasteiger partial charge is 0.399 e. The van der Waals surface area contributed by atoms with Crippen LogP contribution in [0.5, 0.6) is 0 Å². The van der Waals surface area contributed by atoms with Gasteiger partial charge >= 0.3 is 0 Å². The molecule has 0 saturated heterocycles. The predicted octanol–water partition coefficient (Wildman–Crippen LogP) is 1.88. The van der Waals surface area contributed by atoms with E-state index in [4.69, 9.17) is 17.3 Å². The lowest BCUT2D eigenvalue weighted by atomic mass is 10.3. The van der Waals surface area contributed by atoms with Gasteiger partial charge in [-0.2, -0.15) is 4.31 Å². The Balaban J connectivity index is 3.08. The van der Waals surface area contributed by atoms with Gasteiger partial charge in [-0.25, -0.2) is 8.42 Å². The quantitative estimate of drug-likeness (QED) is 0.779. The third-order valence-corrected chi connectivity index (χ3v) is 5.22. The Hall–Kier alpha value is -0.820. The number of nitrogen functional groups attached to an aromatic ring is 1. The van der Waals surface area contributed by atoms with Crippen molar-refractivity contribution in [3.05, 3.63) is 23.2 Å². The first-order valence-corrected chi connectivity index (χ1v) is 8.30. The monoisotopic (exact) mass is 319 g/mol. The van der Waals surface area contributed by atoms with Crippen molar-refractivity contribution in [2.75, 3.05) is 39.5 Å². The molecule has 0 heterocycles. The highest BCUT2D eigenvalue weighted by molar-refractivity contribution is 7.89. The van der Waals surface area contributed by atoms with Crippen LogP contribution in [0.15, 0.2) is 23.1 Å². The number of rotatable bonds is 7. The second-order valence-corrected chi connectivity index (χ2v) is 7.21. The summed E-state index contributed by atoms with van der Waals surface area (Å²) in [4.78, 5) is 2.06. The molecular formula is C13H22ClN3O2S. The third kappa shape index (κ3) is 4.34. The second kappa shape index (κ2) is 7.26. The summed E-state index contributed by atoms with van der Waals surface area (Å²) in [5.74, 6) is 0. The molecule has 2 N–H and O–H groups in total. The topological polar surface area (TPSA) is 66.6 Å². The van der Waals surface area contributed by atoms with Gasteiger partial charge in [0.05, 0.1) is 5.02 Å². The van der Waals surface area contributed by atoms with E-state index in [-0.39, 0.29) is 9.92 Å². The molecule has 0 aliphatic rings. The lowest BCUT2D eigenvalue weighted by molar-refractivity contribution is 0.333. The first-order chi connectivity index (χ1) is 9.28. The standard InChI is InChI=1S/C13H22ClN3O2S/c1-4-7-17(9-8-16(2)3)20(18,19)13-6-5-11(15)10-12(13)14/h5-6,10H,4,7-9,15H2,1-3H3. The normalized spacial score (nSPS) is 12.3. The minimum atomic E-state index is -3.59. The zero-order valence-electron chi connectivity index (χ0n) is 12.1. The van der Waals surface area contributed by atoms with E-state index in [1.165, 1.54) is 16.4 Å². The maximum atomic E-state index is 12.6. The summed E-state index contributed by atoms with van der Waals surface area (Å²) in [6.45, 7) is 3.51. The molecule has 114 valence electrons. The summed E-state index contributed by atoms with van der Waals surface area (Å²) in [5.41, 5.74) is 6.05. The molecule has 1 aromatic rings. The number of nitrogens with two attached hydrogens (primary N) is 1. The molecule has 0 unspecified atom stereocenters. The van der Waals surface area contributed by atoms with Gasteiger partial charge in [-0.1, -0.05) is 18.5 Å². The minimum absolute atomic E-state index is 0.112. The summed E-state index contributed by atoms with van der Waals surface area (Å²) < 4.78 is 26.8. The second-order valence-electron chi connectivity index (χ2n) is 4.90. The highest BCUT2D eigenvalue weighted by atomic mass is 35.5. The Morgan fingerprint density at radius 2 is 1.85 bits per heavy atom. The van der Waals surface area contributed by atoms with E-state index in [0.717, 1.165) is 6.42 Å². The molecule has 5 nitrogen and oxygen atoms in total. The molecule has 20 heavy (non-hydrogen) atoms. The molecule has 0 aromatic heterocycles. The van der Waals surface area contributed by atoms with Gasteiger partial charge in [-0.15, -0.1) is 0 Å². The molecule has 1 rings (SSSR count). The maximum Gasteiger partial charge on any atom is 0.244 e. The lowest BCUT2D eigenvalue weighted by Crippen LogP contribution is -2.37. The number of halogens is 1. The molecule has 0 radical (unpaired) electrons. The van der Waals surface area contributed by atoms with Crippen LogP contribution < -0.4 is 5.73 Å². The van der Waals surface area contributed by atoms with E-state index in [2.05, 4.69) is 0 Å². The van der Waals surface area contributed by atoms with Crippen molar-refractivity contribution in [3.8, 4) is 0 Å². The van der Waals surface area contributed by atoms with Crippen LogP contribution in [0, 0.1) is 0 Å². The van der Waals surface area contributed by atoms with Crippen molar-refractivity contribution in [2.24, 2.45) is 0 Å². The number of nitrogens with zero attached hydrogens (tertiary/aromatic N) is 2. The SMILES string of the molecule is CCCN(CCN(C)C)S(=O)(=O)c1ccc(N)cc1Cl. The first-order valence-electron chi connectivity index (χ1n) is 6.49. The van der Waals surface area contributed by atoms with Gasteiger partial charge in [-0.05, 0) is 38.7 Å². The molecule has 0 saturated carbocycles. The number of sulfonamides is 1. The van der Waals surface area contributed by atoms with Crippen molar-refractivity contribution in [1.29, 1.82) is 0 Å². The predicted molar refractivity (Wildman–Crippen MR) is 83.5 cm³/mol. The molecule has 0 amide bonds. The summed E-state index contributed by atoms with van der Waals surface area (Å²) in [6.07, 6.45) is 0.749. The van der Waals surface area contributed by atoms with E-state index >= 15 is 0 Å². The molecule has 0 fully saturated rings. The van der Waals surface area contributed by atoms with Gasteiger partial charge in [0.15, 0.2) is 0 Å². The zero-order chi connectivity index (χ0) is 15.3. The van der Waals surface area contributed by atoms with Crippen LogP contribution in [0.3, 0.4) is 0 Å². The van der Waals surface area contributed by atoms with Crippen molar-refractivity contribution < 1.29 is 8.42 Å². The molecule has 0 aliphatic carbocycles. The van der Waals surface area contributed by atoms with Crippen LogP contribution in [0.25, 0.3) is 0 Å². The zero-order valence-corrected chi connectivity index (χ0v) is 13.7. The van der Waals surface area contributed by atoms with Crippen molar-refractivity contribution in [3.63, 3.8) is 0 Å². The van der Waals surface area contributed by atoms with Gasteiger partial charge in [0.2, 0.25) is 10.0 Å². The number of hydrogen-bond donors (Lipinski definition) is 1. The number of likely N-dealkylation sites (N-methyl/N-ethyl adjacent to an activating group) is 1. The van der Waals surface area contributed by atoms with Gasteiger partial charge in [0, 0.05) is 25.3 Å². The molecule has 0 spiro atoms. The van der Waals surface area contributed by atoms with Crippen LogP contribution in [-0.2, 0) is 10.0 Å². The van der Waals surface area contributed by atoms with Gasteiger partial charge in [0.1, 0.15) is 4.90 Å². The van der Waals surface area contributed by atoms with E-state index in [1.54, 1.807) is 6.07 Å². The highest BCUT2D eigenvalue weighted by Crippen LogP contribution is 2.26. The summed E-state index contributed by atoms with van der Waals surface area (Å²) in [5, 5.41) is 0.163. The fourth-order valence-corrected chi connectivity index (χ4v) is 3.83. The molecule has 0 bridgehead atoms. The number of hydrogen-bond acceptors (Lipinski definition) is 4. The van der Waals surface area contributed by atoms with Crippen molar-refractivity contribution >= 4 is 27.3 Å². The Kier molecular flexibility index (Phi) is 6.26. The Labute approximate surface area is 126 Å². The van der Waals surface area contributed by atoms with Crippen LogP contribution in [-0.4, -0.2) is 51.4 Å². The minimum Gasteiger partial charge on any atom is -0.399 e. The van der Waals surface area contributed by atoms with E-state index < -0.39 is 10.0 Å². The highest BCUT2D eigenvalue weighted by Gasteiger charge is 2.26. The fourth-order valence-electron chi connectivity index (χ4n) is 1.78. The summed E-state index contributed by atoms with van der Waals surface area (Å²) in [6, 6.07) is 4.48. The molecule has 0 atom stereocenters. The molecule has 1 aromatic carbocycles. The third-order valence-electron chi connectivity index (χ3n) is 2.84. The Bertz CT molecular complexity index is 547. The van der Waals surface area contributed by atoms with Crippen LogP contribution in [0.2, 0.25) is 5.02 Å². The van der Waals surface area contributed by atoms with E-state index in [0.29, 0.717) is 25.3 Å². The Morgan fingerprint density at radius 3 is 2.35 bits per heavy atom. The van der Waals surface area contributed by atoms with Crippen molar-refractivity contribution in [1.82, 2.24) is 9.21 Å². The lowest BCUT2D eigenvalue weighted by Gasteiger charge is -2.23. The molecule has 0 aliphatic heterocycles. The van der Waals surface area contributed by atoms with Crippen LogP contribution in [0.4, 0.5) is 5.69 Å². The average molecular weight is 320 g/mol. The Morgan fingerprint density at radius 1 is 1.20 bits per heavy atom. The van der Waals surface area contributed by atoms with Crippen LogP contribution >= 0.6 is 11.6 Å². The van der Waals surface area contributed by atoms with Gasteiger partial charge in [-0.3, -0.25) is 0 Å². The number of anilines is 1. The molecule has 7 heteroatoms. The average Bonchev–Trinajstić information content (AvgIpc) is 2.33. The maximum absolute atomic E-state index is 12.6. The first kappa shape index (κ1) is 17.2. The van der Waals surface area contributed by atoms with Gasteiger partial charge < -0.3 is 10.6 Å². The number of benzene rings is 1. The van der Waals surface area contributed by atoms with Gasteiger partial charge in [0.25, 0.3) is 0 Å².